The SMILES string of the molecule is COCCCN1C(=S)NC(c2ccccn2)C1c1cc(C)n(CCOC)c1C. The van der Waals surface area contributed by atoms with Gasteiger partial charge in [0.2, 0.25) is 0 Å². The minimum absolute atomic E-state index is 0.0209. The zero-order valence-corrected chi connectivity index (χ0v) is 18.0. The zero-order valence-electron chi connectivity index (χ0n) is 17.1. The van der Waals surface area contributed by atoms with Gasteiger partial charge in [-0.1, -0.05) is 6.07 Å². The molecule has 1 aliphatic rings. The minimum atomic E-state index is 0.0209. The van der Waals surface area contributed by atoms with Crippen molar-refractivity contribution in [3.05, 3.63) is 53.1 Å². The van der Waals surface area contributed by atoms with Gasteiger partial charge in [-0.05, 0) is 56.2 Å². The van der Waals surface area contributed by atoms with E-state index >= 15 is 0 Å². The molecule has 0 amide bonds. The highest BCUT2D eigenvalue weighted by Crippen LogP contribution is 2.40. The second kappa shape index (κ2) is 9.49. The van der Waals surface area contributed by atoms with Crippen molar-refractivity contribution in [2.24, 2.45) is 0 Å². The average Bonchev–Trinajstić information content (AvgIpc) is 3.17. The van der Waals surface area contributed by atoms with Gasteiger partial charge in [-0.15, -0.1) is 0 Å². The maximum Gasteiger partial charge on any atom is 0.170 e. The Morgan fingerprint density at radius 3 is 2.61 bits per heavy atom. The molecule has 2 aromatic heterocycles. The molecular formula is C21H30N4O2S. The molecule has 28 heavy (non-hydrogen) atoms. The lowest BCUT2D eigenvalue weighted by Gasteiger charge is -2.28. The first-order valence-corrected chi connectivity index (χ1v) is 10.1. The van der Waals surface area contributed by atoms with Crippen LogP contribution < -0.4 is 5.32 Å². The van der Waals surface area contributed by atoms with Crippen LogP contribution in [0, 0.1) is 13.8 Å². The van der Waals surface area contributed by atoms with Crippen molar-refractivity contribution in [2.75, 3.05) is 34.0 Å². The van der Waals surface area contributed by atoms with Gasteiger partial charge in [0.1, 0.15) is 0 Å². The molecule has 3 rings (SSSR count). The molecule has 0 saturated carbocycles. The molecule has 0 bridgehead atoms. The van der Waals surface area contributed by atoms with Gasteiger partial charge in [-0.25, -0.2) is 0 Å². The van der Waals surface area contributed by atoms with Crippen LogP contribution in [0.5, 0.6) is 0 Å². The Hall–Kier alpha value is -1.96. The van der Waals surface area contributed by atoms with Crippen LogP contribution in [0.1, 0.15) is 41.1 Å². The molecule has 1 saturated heterocycles. The highest BCUT2D eigenvalue weighted by molar-refractivity contribution is 7.80. The van der Waals surface area contributed by atoms with E-state index in [4.69, 9.17) is 21.7 Å². The number of nitrogens with zero attached hydrogens (tertiary/aromatic N) is 3. The summed E-state index contributed by atoms with van der Waals surface area (Å²) in [5.41, 5.74) is 4.78. The topological polar surface area (TPSA) is 51.5 Å². The van der Waals surface area contributed by atoms with Gasteiger partial charge in [0.05, 0.1) is 24.4 Å². The maximum absolute atomic E-state index is 5.72. The van der Waals surface area contributed by atoms with Crippen LogP contribution in [0.3, 0.4) is 0 Å². The van der Waals surface area contributed by atoms with Gasteiger partial charge >= 0.3 is 0 Å². The van der Waals surface area contributed by atoms with Crippen LogP contribution in [0.2, 0.25) is 0 Å². The number of nitrogens with one attached hydrogen (secondary N) is 1. The number of aryl methyl sites for hydroxylation is 1. The van der Waals surface area contributed by atoms with Crippen molar-refractivity contribution in [1.82, 2.24) is 19.8 Å². The van der Waals surface area contributed by atoms with Crippen LogP contribution in [-0.2, 0) is 16.0 Å². The zero-order chi connectivity index (χ0) is 20.1. The van der Waals surface area contributed by atoms with Crippen LogP contribution in [-0.4, -0.2) is 53.5 Å². The second-order valence-corrected chi connectivity index (χ2v) is 7.52. The fourth-order valence-electron chi connectivity index (χ4n) is 4.02. The lowest BCUT2D eigenvalue weighted by molar-refractivity contribution is 0.180. The van der Waals surface area contributed by atoms with Gasteiger partial charge < -0.3 is 24.3 Å². The van der Waals surface area contributed by atoms with Crippen LogP contribution in [0.4, 0.5) is 0 Å². The number of rotatable bonds is 9. The number of ether oxygens (including phenoxy) is 2. The molecule has 1 N–H and O–H groups in total. The van der Waals surface area contributed by atoms with Crippen molar-refractivity contribution >= 4 is 17.3 Å². The molecule has 1 fully saturated rings. The fourth-order valence-corrected chi connectivity index (χ4v) is 4.35. The Morgan fingerprint density at radius 1 is 1.14 bits per heavy atom. The van der Waals surface area contributed by atoms with Gasteiger partial charge in [0.25, 0.3) is 0 Å². The Balaban J connectivity index is 1.99. The number of methoxy groups -OCH3 is 2. The summed E-state index contributed by atoms with van der Waals surface area (Å²) in [5.74, 6) is 0. The van der Waals surface area contributed by atoms with Crippen molar-refractivity contribution in [3.8, 4) is 0 Å². The van der Waals surface area contributed by atoms with Crippen LogP contribution >= 0.6 is 12.2 Å². The first-order valence-electron chi connectivity index (χ1n) is 9.71. The molecular weight excluding hydrogens is 372 g/mol. The summed E-state index contributed by atoms with van der Waals surface area (Å²) in [4.78, 5) is 6.90. The first kappa shape index (κ1) is 20.8. The Morgan fingerprint density at radius 2 is 1.93 bits per heavy atom. The Labute approximate surface area is 172 Å². The van der Waals surface area contributed by atoms with Gasteiger partial charge in [-0.2, -0.15) is 0 Å². The molecule has 7 heteroatoms. The lowest BCUT2D eigenvalue weighted by Crippen LogP contribution is -2.31. The van der Waals surface area contributed by atoms with E-state index in [2.05, 4.69) is 45.7 Å². The number of pyridine rings is 1. The predicted molar refractivity (Wildman–Crippen MR) is 114 cm³/mol. The number of hydrogen-bond acceptors (Lipinski definition) is 4. The Bertz CT molecular complexity index is 793. The summed E-state index contributed by atoms with van der Waals surface area (Å²) in [6.45, 7) is 7.43. The maximum atomic E-state index is 5.72. The molecule has 1 aliphatic heterocycles. The van der Waals surface area contributed by atoms with Crippen molar-refractivity contribution in [2.45, 2.75) is 38.9 Å². The van der Waals surface area contributed by atoms with E-state index in [9.17, 15) is 0 Å². The van der Waals surface area contributed by atoms with E-state index < -0.39 is 0 Å². The third kappa shape index (κ3) is 4.21. The monoisotopic (exact) mass is 402 g/mol. The van der Waals surface area contributed by atoms with E-state index in [1.54, 1.807) is 14.2 Å². The standard InChI is InChI=1S/C21H30N4O2S/c1-15-14-17(16(2)24(15)11-13-27-4)20-19(18-8-5-6-9-22-18)23-21(28)25(20)10-7-12-26-3/h5-6,8-9,14,19-20H,7,10-13H2,1-4H3,(H,23,28). The molecule has 2 aromatic rings. The molecule has 2 unspecified atom stereocenters. The molecule has 0 radical (unpaired) electrons. The minimum Gasteiger partial charge on any atom is -0.385 e. The molecule has 3 heterocycles. The molecule has 152 valence electrons. The van der Waals surface area contributed by atoms with Gasteiger partial charge in [0, 0.05) is 51.5 Å². The molecule has 2 atom stereocenters. The molecule has 6 nitrogen and oxygen atoms in total. The first-order chi connectivity index (χ1) is 13.6. The molecule has 0 aliphatic carbocycles. The normalized spacial score (nSPS) is 19.3. The predicted octanol–water partition coefficient (Wildman–Crippen LogP) is 3.16. The summed E-state index contributed by atoms with van der Waals surface area (Å²) in [7, 11) is 3.47. The molecule has 0 aromatic carbocycles. The van der Waals surface area contributed by atoms with Gasteiger partial charge in [0.15, 0.2) is 5.11 Å². The Kier molecular flexibility index (Phi) is 7.04. The van der Waals surface area contributed by atoms with Crippen LogP contribution in [0.15, 0.2) is 30.5 Å². The summed E-state index contributed by atoms with van der Waals surface area (Å²) >= 11 is 5.72. The third-order valence-electron chi connectivity index (χ3n) is 5.40. The largest absolute Gasteiger partial charge is 0.385 e. The van der Waals surface area contributed by atoms with Crippen LogP contribution in [0.25, 0.3) is 0 Å². The fraction of sp³-hybridized carbons (Fsp3) is 0.524. The van der Waals surface area contributed by atoms with E-state index in [1.165, 1.54) is 17.0 Å². The number of aromatic nitrogens is 2. The lowest BCUT2D eigenvalue weighted by atomic mass is 9.96. The average molecular weight is 403 g/mol. The summed E-state index contributed by atoms with van der Waals surface area (Å²) in [5, 5.41) is 4.29. The van der Waals surface area contributed by atoms with E-state index in [-0.39, 0.29) is 12.1 Å². The van der Waals surface area contributed by atoms with E-state index in [0.29, 0.717) is 13.2 Å². The van der Waals surface area contributed by atoms with E-state index in [1.807, 2.05) is 18.3 Å². The highest BCUT2D eigenvalue weighted by Gasteiger charge is 2.40. The van der Waals surface area contributed by atoms with Gasteiger partial charge in [-0.3, -0.25) is 4.98 Å². The summed E-state index contributed by atoms with van der Waals surface area (Å²) in [6, 6.07) is 8.44. The second-order valence-electron chi connectivity index (χ2n) is 7.14. The summed E-state index contributed by atoms with van der Waals surface area (Å²) < 4.78 is 12.9. The van der Waals surface area contributed by atoms with Crippen molar-refractivity contribution < 1.29 is 9.47 Å². The summed E-state index contributed by atoms with van der Waals surface area (Å²) in [6.07, 6.45) is 2.76. The molecule has 0 spiro atoms. The highest BCUT2D eigenvalue weighted by atomic mass is 32.1. The van der Waals surface area contributed by atoms with E-state index in [0.717, 1.165) is 30.3 Å². The third-order valence-corrected chi connectivity index (χ3v) is 5.75. The van der Waals surface area contributed by atoms with Crippen molar-refractivity contribution in [1.29, 1.82) is 0 Å². The smallest absolute Gasteiger partial charge is 0.170 e. The number of hydrogen-bond donors (Lipinski definition) is 1. The quantitative estimate of drug-likeness (QED) is 0.514. The van der Waals surface area contributed by atoms with Crippen molar-refractivity contribution in [3.63, 3.8) is 0 Å². The number of thiocarbonyl (C=S) groups is 1.